The van der Waals surface area contributed by atoms with E-state index in [1.807, 2.05) is 80.6 Å². The Morgan fingerprint density at radius 2 is 1.75 bits per heavy atom. The molecular formula is C25H23FO2. The first-order chi connectivity index (χ1) is 13.5. The number of halogens is 1. The van der Waals surface area contributed by atoms with Gasteiger partial charge in [0, 0.05) is 17.5 Å². The van der Waals surface area contributed by atoms with Crippen LogP contribution in [-0.2, 0) is 13.0 Å². The minimum atomic E-state index is -0.295. The lowest BCUT2D eigenvalue weighted by atomic mass is 10.00. The molecule has 28 heavy (non-hydrogen) atoms. The summed E-state index contributed by atoms with van der Waals surface area (Å²) < 4.78 is 25.8. The minimum absolute atomic E-state index is 0.232. The van der Waals surface area contributed by atoms with Crippen LogP contribution in [-0.4, -0.2) is 5.60 Å². The predicted octanol–water partition coefficient (Wildman–Crippen LogP) is 6.29. The maximum absolute atomic E-state index is 14.0. The maximum Gasteiger partial charge on any atom is 0.130 e. The molecule has 1 heterocycles. The van der Waals surface area contributed by atoms with Crippen molar-refractivity contribution in [3.63, 3.8) is 0 Å². The predicted molar refractivity (Wildman–Crippen MR) is 111 cm³/mol. The molecule has 142 valence electrons. The Morgan fingerprint density at radius 3 is 2.50 bits per heavy atom. The van der Waals surface area contributed by atoms with E-state index in [1.54, 1.807) is 6.07 Å². The van der Waals surface area contributed by atoms with Gasteiger partial charge in [0.15, 0.2) is 0 Å². The Balaban J connectivity index is 1.46. The average Bonchev–Trinajstić information content (AvgIpc) is 3.00. The van der Waals surface area contributed by atoms with Gasteiger partial charge in [-0.3, -0.25) is 0 Å². The van der Waals surface area contributed by atoms with Gasteiger partial charge in [0.1, 0.15) is 29.5 Å². The Morgan fingerprint density at radius 1 is 1.00 bits per heavy atom. The van der Waals surface area contributed by atoms with Gasteiger partial charge < -0.3 is 9.47 Å². The summed E-state index contributed by atoms with van der Waals surface area (Å²) in [6.07, 6.45) is 4.59. The zero-order chi connectivity index (χ0) is 19.6. The third-order valence-electron chi connectivity index (χ3n) is 4.74. The fraction of sp³-hybridized carbons (Fsp3) is 0.200. The molecule has 3 aromatic rings. The van der Waals surface area contributed by atoms with E-state index < -0.39 is 0 Å². The fourth-order valence-electron chi connectivity index (χ4n) is 3.43. The second-order valence-electron chi connectivity index (χ2n) is 7.70. The van der Waals surface area contributed by atoms with Crippen LogP contribution in [0.25, 0.3) is 12.2 Å². The highest BCUT2D eigenvalue weighted by Gasteiger charge is 2.31. The highest BCUT2D eigenvalue weighted by molar-refractivity contribution is 5.74. The molecule has 3 aromatic carbocycles. The van der Waals surface area contributed by atoms with Crippen LogP contribution in [0.1, 0.15) is 36.1 Å². The summed E-state index contributed by atoms with van der Waals surface area (Å²) in [7, 11) is 0. The molecule has 0 fully saturated rings. The van der Waals surface area contributed by atoms with E-state index in [9.17, 15) is 4.39 Å². The Kier molecular flexibility index (Phi) is 4.91. The van der Waals surface area contributed by atoms with E-state index in [0.29, 0.717) is 13.0 Å². The van der Waals surface area contributed by atoms with E-state index in [-0.39, 0.29) is 11.4 Å². The first-order valence-corrected chi connectivity index (χ1v) is 9.45. The van der Waals surface area contributed by atoms with Crippen molar-refractivity contribution in [3.8, 4) is 11.5 Å². The zero-order valence-electron chi connectivity index (χ0n) is 16.1. The molecule has 0 aliphatic carbocycles. The molecule has 1 aliphatic heterocycles. The summed E-state index contributed by atoms with van der Waals surface area (Å²) in [5, 5.41) is 0. The maximum atomic E-state index is 14.0. The summed E-state index contributed by atoms with van der Waals surface area (Å²) in [4.78, 5) is 0. The van der Waals surface area contributed by atoms with Gasteiger partial charge in [-0.15, -0.1) is 0 Å². The van der Waals surface area contributed by atoms with E-state index in [1.165, 1.54) is 6.07 Å². The number of hydrogen-bond donors (Lipinski definition) is 0. The van der Waals surface area contributed by atoms with Gasteiger partial charge in [0.2, 0.25) is 0 Å². The number of fused-ring (bicyclic) bond motifs is 1. The topological polar surface area (TPSA) is 18.5 Å². The molecule has 0 bridgehead atoms. The molecule has 3 heteroatoms. The second kappa shape index (κ2) is 7.51. The Hall–Kier alpha value is -3.07. The zero-order valence-corrected chi connectivity index (χ0v) is 16.1. The fourth-order valence-corrected chi connectivity index (χ4v) is 3.43. The number of rotatable bonds is 5. The van der Waals surface area contributed by atoms with Crippen molar-refractivity contribution in [2.24, 2.45) is 0 Å². The molecule has 2 nitrogen and oxygen atoms in total. The van der Waals surface area contributed by atoms with Crippen LogP contribution in [0, 0.1) is 5.82 Å². The molecule has 0 atom stereocenters. The summed E-state index contributed by atoms with van der Waals surface area (Å²) in [5.41, 5.74) is 3.55. The normalized spacial score (nSPS) is 14.7. The standard InChI is InChI=1S/C25H23FO2/c1-25(2)16-21-15-22(26)14-20(24(21)28-25)11-8-18-9-12-23(13-10-18)27-17-19-6-4-3-5-7-19/h3-15H,16-17H2,1-2H3/b11-8+. The highest BCUT2D eigenvalue weighted by Crippen LogP contribution is 2.39. The Bertz CT molecular complexity index is 989. The van der Waals surface area contributed by atoms with Gasteiger partial charge in [0.05, 0.1) is 0 Å². The van der Waals surface area contributed by atoms with Crippen molar-refractivity contribution in [1.82, 2.24) is 0 Å². The van der Waals surface area contributed by atoms with Gasteiger partial charge in [-0.1, -0.05) is 54.6 Å². The molecule has 1 aliphatic rings. The summed E-state index contributed by atoms with van der Waals surface area (Å²) in [6, 6.07) is 21.0. The van der Waals surface area contributed by atoms with Crippen molar-refractivity contribution in [1.29, 1.82) is 0 Å². The van der Waals surface area contributed by atoms with E-state index in [0.717, 1.165) is 33.8 Å². The lowest BCUT2D eigenvalue weighted by molar-refractivity contribution is 0.138. The third-order valence-corrected chi connectivity index (χ3v) is 4.74. The largest absolute Gasteiger partial charge is 0.489 e. The first kappa shape index (κ1) is 18.3. The van der Waals surface area contributed by atoms with Crippen molar-refractivity contribution in [2.45, 2.75) is 32.5 Å². The van der Waals surface area contributed by atoms with Gasteiger partial charge in [-0.05, 0) is 49.2 Å². The monoisotopic (exact) mass is 374 g/mol. The molecule has 0 unspecified atom stereocenters. The van der Waals surface area contributed by atoms with Crippen molar-refractivity contribution >= 4 is 12.2 Å². The SMILES string of the molecule is CC1(C)Cc2cc(F)cc(/C=C/c3ccc(OCc4ccccc4)cc3)c2O1. The second-order valence-corrected chi connectivity index (χ2v) is 7.70. The average molecular weight is 374 g/mol. The van der Waals surface area contributed by atoms with Gasteiger partial charge in [-0.2, -0.15) is 0 Å². The smallest absolute Gasteiger partial charge is 0.130 e. The van der Waals surface area contributed by atoms with E-state index in [2.05, 4.69) is 0 Å². The molecule has 0 saturated heterocycles. The van der Waals surface area contributed by atoms with Gasteiger partial charge in [0.25, 0.3) is 0 Å². The van der Waals surface area contributed by atoms with Gasteiger partial charge in [-0.25, -0.2) is 4.39 Å². The van der Waals surface area contributed by atoms with E-state index in [4.69, 9.17) is 9.47 Å². The van der Waals surface area contributed by atoms with Crippen LogP contribution in [0.15, 0.2) is 66.7 Å². The molecule has 0 spiro atoms. The Labute approximate surface area is 165 Å². The summed E-state index contributed by atoms with van der Waals surface area (Å²) >= 11 is 0. The summed E-state index contributed by atoms with van der Waals surface area (Å²) in [6.45, 7) is 4.58. The minimum Gasteiger partial charge on any atom is -0.489 e. The van der Waals surface area contributed by atoms with Crippen LogP contribution in [0.2, 0.25) is 0 Å². The van der Waals surface area contributed by atoms with Crippen LogP contribution in [0.4, 0.5) is 4.39 Å². The van der Waals surface area contributed by atoms with Crippen LogP contribution >= 0.6 is 0 Å². The molecular weight excluding hydrogens is 351 g/mol. The quantitative estimate of drug-likeness (QED) is 0.489. The molecule has 0 amide bonds. The van der Waals surface area contributed by atoms with Crippen LogP contribution < -0.4 is 9.47 Å². The number of benzene rings is 3. The highest BCUT2D eigenvalue weighted by atomic mass is 19.1. The third kappa shape index (κ3) is 4.25. The van der Waals surface area contributed by atoms with Crippen LogP contribution in [0.5, 0.6) is 11.5 Å². The van der Waals surface area contributed by atoms with Gasteiger partial charge >= 0.3 is 0 Å². The van der Waals surface area contributed by atoms with E-state index >= 15 is 0 Å². The molecule has 0 radical (unpaired) electrons. The van der Waals surface area contributed by atoms with Crippen molar-refractivity contribution < 1.29 is 13.9 Å². The van der Waals surface area contributed by atoms with Crippen molar-refractivity contribution in [3.05, 3.63) is 94.8 Å². The molecule has 0 aromatic heterocycles. The molecule has 0 saturated carbocycles. The first-order valence-electron chi connectivity index (χ1n) is 9.45. The molecule has 0 N–H and O–H groups in total. The number of ether oxygens (including phenoxy) is 2. The van der Waals surface area contributed by atoms with Crippen molar-refractivity contribution in [2.75, 3.05) is 0 Å². The lowest BCUT2D eigenvalue weighted by Gasteiger charge is -2.17. The molecule has 4 rings (SSSR count). The summed E-state index contributed by atoms with van der Waals surface area (Å²) in [5.74, 6) is 1.37. The lowest BCUT2D eigenvalue weighted by Crippen LogP contribution is -2.24. The van der Waals surface area contributed by atoms with Crippen LogP contribution in [0.3, 0.4) is 0 Å². The number of hydrogen-bond acceptors (Lipinski definition) is 2.